The molecule has 0 amide bonds. The maximum absolute atomic E-state index is 13.5. The summed E-state index contributed by atoms with van der Waals surface area (Å²) in [5, 5.41) is 13.1. The van der Waals surface area contributed by atoms with Gasteiger partial charge in [0.25, 0.3) is 0 Å². The Balaban J connectivity index is 1.32. The summed E-state index contributed by atoms with van der Waals surface area (Å²) >= 11 is 0. The Bertz CT molecular complexity index is 1030. The summed E-state index contributed by atoms with van der Waals surface area (Å²) in [6.45, 7) is 4.66. The van der Waals surface area contributed by atoms with Crippen LogP contribution < -0.4 is 10.1 Å². The summed E-state index contributed by atoms with van der Waals surface area (Å²) in [5.74, 6) is -2.64. The van der Waals surface area contributed by atoms with Crippen molar-refractivity contribution in [3.8, 4) is 5.75 Å². The highest BCUT2D eigenvalue weighted by Gasteiger charge is 2.50. The van der Waals surface area contributed by atoms with E-state index in [2.05, 4.69) is 5.32 Å². The third-order valence-corrected chi connectivity index (χ3v) is 9.98. The van der Waals surface area contributed by atoms with Crippen molar-refractivity contribution in [2.45, 2.75) is 87.6 Å². The number of carboxylic acids is 1. The molecule has 1 aliphatic heterocycles. The molecule has 1 heterocycles. The average Bonchev–Trinajstić information content (AvgIpc) is 3.17. The van der Waals surface area contributed by atoms with E-state index < -0.39 is 27.5 Å². The van der Waals surface area contributed by atoms with Gasteiger partial charge < -0.3 is 15.2 Å². The highest BCUT2D eigenvalue weighted by atomic mass is 32.2. The van der Waals surface area contributed by atoms with E-state index in [-0.39, 0.29) is 42.5 Å². The zero-order chi connectivity index (χ0) is 25.4. The lowest BCUT2D eigenvalue weighted by molar-refractivity contribution is -0.146. The molecule has 4 rings (SSSR count). The molecule has 0 spiro atoms. The topological polar surface area (TPSA) is 95.9 Å². The van der Waals surface area contributed by atoms with E-state index in [1.807, 2.05) is 6.92 Å². The lowest BCUT2D eigenvalue weighted by Crippen LogP contribution is -2.50. The number of aliphatic carboxylic acids is 1. The number of nitrogens with zero attached hydrogens (tertiary/aromatic N) is 1. The van der Waals surface area contributed by atoms with Crippen LogP contribution in [0, 0.1) is 18.8 Å². The molecule has 1 aromatic carbocycles. The minimum Gasteiger partial charge on any atom is -0.492 e. The van der Waals surface area contributed by atoms with Crippen LogP contribution in [0.1, 0.15) is 63.9 Å². The van der Waals surface area contributed by atoms with E-state index in [1.54, 1.807) is 12.1 Å². The summed E-state index contributed by atoms with van der Waals surface area (Å²) in [6.07, 6.45) is 3.56. The predicted molar refractivity (Wildman–Crippen MR) is 127 cm³/mol. The minimum atomic E-state index is -4.05. The molecule has 1 aromatic rings. The second kappa shape index (κ2) is 9.94. The van der Waals surface area contributed by atoms with Crippen LogP contribution in [0.2, 0.25) is 0 Å². The number of hydrogen-bond acceptors (Lipinski definition) is 5. The number of halogens is 2. The number of hydrogen-bond donors (Lipinski definition) is 2. The molecule has 2 aliphatic carbocycles. The van der Waals surface area contributed by atoms with E-state index in [0.717, 1.165) is 29.3 Å². The summed E-state index contributed by atoms with van der Waals surface area (Å²) in [5.41, 5.74) is -0.612. The zero-order valence-corrected chi connectivity index (χ0v) is 21.3. The summed E-state index contributed by atoms with van der Waals surface area (Å²) in [7, 11) is -4.05. The van der Waals surface area contributed by atoms with Crippen LogP contribution in [0.4, 0.5) is 8.78 Å². The molecule has 7 nitrogen and oxygen atoms in total. The molecule has 0 radical (unpaired) electrons. The number of carbonyl (C=O) groups is 1. The third kappa shape index (κ3) is 5.64. The second-order valence-corrected chi connectivity index (χ2v) is 12.6. The zero-order valence-electron chi connectivity index (χ0n) is 20.4. The Hall–Kier alpha value is -1.78. The highest BCUT2D eigenvalue weighted by molar-refractivity contribution is 7.89. The molecule has 2 saturated carbocycles. The Morgan fingerprint density at radius 3 is 2.54 bits per heavy atom. The summed E-state index contributed by atoms with van der Waals surface area (Å²) in [4.78, 5) is 11.9. The molecule has 35 heavy (non-hydrogen) atoms. The van der Waals surface area contributed by atoms with Gasteiger partial charge in [0.15, 0.2) is 0 Å². The van der Waals surface area contributed by atoms with Crippen LogP contribution >= 0.6 is 0 Å². The van der Waals surface area contributed by atoms with Gasteiger partial charge in [0.05, 0.1) is 6.61 Å². The normalized spacial score (nSPS) is 29.6. The van der Waals surface area contributed by atoms with Crippen LogP contribution in [0.3, 0.4) is 0 Å². The SMILES string of the molecule is Cc1ccc(S(=O)(=O)N2CCC[C@@]2(C)C(=O)O)c(OCC2CC(CNC3CCC(F)(F)CC3)C2)c1. The van der Waals surface area contributed by atoms with Crippen LogP contribution in [0.5, 0.6) is 5.75 Å². The van der Waals surface area contributed by atoms with Crippen LogP contribution in [0.15, 0.2) is 23.1 Å². The first-order valence-corrected chi connectivity index (χ1v) is 14.0. The van der Waals surface area contributed by atoms with E-state index >= 15 is 0 Å². The van der Waals surface area contributed by atoms with Gasteiger partial charge in [-0.2, -0.15) is 4.31 Å². The number of rotatable bonds is 9. The van der Waals surface area contributed by atoms with Crippen molar-refractivity contribution in [1.82, 2.24) is 9.62 Å². The van der Waals surface area contributed by atoms with Crippen molar-refractivity contribution in [2.24, 2.45) is 11.8 Å². The first kappa shape index (κ1) is 26.3. The van der Waals surface area contributed by atoms with E-state index in [1.165, 1.54) is 13.0 Å². The summed E-state index contributed by atoms with van der Waals surface area (Å²) in [6, 6.07) is 5.05. The Morgan fingerprint density at radius 2 is 1.89 bits per heavy atom. The van der Waals surface area contributed by atoms with E-state index in [9.17, 15) is 27.1 Å². The fourth-order valence-electron chi connectivity index (χ4n) is 5.56. The van der Waals surface area contributed by atoms with Crippen molar-refractivity contribution >= 4 is 16.0 Å². The molecule has 1 saturated heterocycles. The maximum atomic E-state index is 13.5. The van der Waals surface area contributed by atoms with E-state index in [0.29, 0.717) is 37.7 Å². The second-order valence-electron chi connectivity index (χ2n) is 10.8. The molecule has 196 valence electrons. The van der Waals surface area contributed by atoms with Gasteiger partial charge in [-0.25, -0.2) is 17.2 Å². The number of aryl methyl sites for hydroxylation is 1. The van der Waals surface area contributed by atoms with Crippen molar-refractivity contribution in [3.63, 3.8) is 0 Å². The van der Waals surface area contributed by atoms with Crippen molar-refractivity contribution in [1.29, 1.82) is 0 Å². The fourth-order valence-corrected chi connectivity index (χ4v) is 7.48. The van der Waals surface area contributed by atoms with Crippen molar-refractivity contribution in [3.05, 3.63) is 23.8 Å². The third-order valence-electron chi connectivity index (χ3n) is 7.92. The molecular weight excluding hydrogens is 478 g/mol. The lowest BCUT2D eigenvalue weighted by Gasteiger charge is -2.37. The smallest absolute Gasteiger partial charge is 0.324 e. The number of sulfonamides is 1. The van der Waals surface area contributed by atoms with Crippen LogP contribution in [-0.2, 0) is 14.8 Å². The molecule has 3 aliphatic rings. The van der Waals surface area contributed by atoms with Gasteiger partial charge in [0.1, 0.15) is 16.2 Å². The lowest BCUT2D eigenvalue weighted by atomic mass is 9.75. The van der Waals surface area contributed by atoms with Crippen molar-refractivity contribution < 1.29 is 31.8 Å². The molecular formula is C25H36F2N2O5S. The molecule has 1 atom stereocenters. The molecule has 10 heteroatoms. The van der Waals surface area contributed by atoms with Gasteiger partial charge >= 0.3 is 5.97 Å². The van der Waals surface area contributed by atoms with E-state index in [4.69, 9.17) is 4.74 Å². The van der Waals surface area contributed by atoms with Crippen LogP contribution in [-0.4, -0.2) is 61.0 Å². The number of alkyl halides is 2. The van der Waals surface area contributed by atoms with Crippen LogP contribution in [0.25, 0.3) is 0 Å². The monoisotopic (exact) mass is 514 g/mol. The highest BCUT2D eigenvalue weighted by Crippen LogP contribution is 2.39. The molecule has 0 bridgehead atoms. The number of nitrogens with one attached hydrogen (secondary N) is 1. The minimum absolute atomic E-state index is 0.00381. The molecule has 0 unspecified atom stereocenters. The Morgan fingerprint density at radius 1 is 1.20 bits per heavy atom. The number of ether oxygens (including phenoxy) is 1. The average molecular weight is 515 g/mol. The predicted octanol–water partition coefficient (Wildman–Crippen LogP) is 4.20. The molecule has 2 N–H and O–H groups in total. The molecule has 3 fully saturated rings. The Kier molecular flexibility index (Phi) is 7.46. The van der Waals surface area contributed by atoms with Gasteiger partial charge in [-0.05, 0) is 88.4 Å². The summed E-state index contributed by atoms with van der Waals surface area (Å²) < 4.78 is 60.7. The van der Waals surface area contributed by atoms with Gasteiger partial charge in [0.2, 0.25) is 15.9 Å². The maximum Gasteiger partial charge on any atom is 0.324 e. The molecule has 0 aromatic heterocycles. The fraction of sp³-hybridized carbons (Fsp3) is 0.720. The van der Waals surface area contributed by atoms with Gasteiger partial charge in [-0.1, -0.05) is 6.07 Å². The van der Waals surface area contributed by atoms with Gasteiger partial charge in [-0.15, -0.1) is 0 Å². The number of carboxylic acid groups (broad SMARTS) is 1. The largest absolute Gasteiger partial charge is 0.492 e. The first-order chi connectivity index (χ1) is 16.4. The Labute approximate surface area is 206 Å². The first-order valence-electron chi connectivity index (χ1n) is 12.5. The van der Waals surface area contributed by atoms with Crippen molar-refractivity contribution in [2.75, 3.05) is 19.7 Å². The quantitative estimate of drug-likeness (QED) is 0.513. The standard InChI is InChI=1S/C25H36F2N2O5S/c1-17-4-5-22(35(32,33)29-11-3-8-24(29,2)23(30)31)21(12-17)34-16-19-13-18(14-19)15-28-20-6-9-25(26,27)10-7-20/h4-5,12,18-20,28H,3,6-11,13-16H2,1-2H3,(H,30,31)/t18?,19?,24-/m0/s1. The van der Waals surface area contributed by atoms with Gasteiger partial charge in [0, 0.05) is 25.4 Å². The number of benzene rings is 1. The van der Waals surface area contributed by atoms with Gasteiger partial charge in [-0.3, -0.25) is 4.79 Å².